The molecule has 0 saturated carbocycles. The molecule has 4 nitrogen and oxygen atoms in total. The van der Waals surface area contributed by atoms with Crippen LogP contribution >= 0.6 is 12.2 Å². The number of allylic oxidation sites excluding steroid dienone is 3. The summed E-state index contributed by atoms with van der Waals surface area (Å²) < 4.78 is 0. The van der Waals surface area contributed by atoms with E-state index < -0.39 is 0 Å². The number of rotatable bonds is 1. The van der Waals surface area contributed by atoms with Crippen LogP contribution in [0.4, 0.5) is 0 Å². The molecule has 0 unspecified atom stereocenters. The topological polar surface area (TPSA) is 26.8 Å². The first-order chi connectivity index (χ1) is 8.75. The maximum atomic E-state index is 12.0. The molecule has 2 fully saturated rings. The van der Waals surface area contributed by atoms with E-state index in [1.165, 1.54) is 10.6 Å². The summed E-state index contributed by atoms with van der Waals surface area (Å²) in [7, 11) is 5.64. The zero-order valence-corrected chi connectivity index (χ0v) is 13.0. The van der Waals surface area contributed by atoms with Crippen molar-refractivity contribution in [3.05, 3.63) is 23.5 Å². The first-order valence-electron chi connectivity index (χ1n) is 6.46. The van der Waals surface area contributed by atoms with Gasteiger partial charge >= 0.3 is 0 Å². The summed E-state index contributed by atoms with van der Waals surface area (Å²) in [4.78, 5) is 17.6. The van der Waals surface area contributed by atoms with E-state index in [4.69, 9.17) is 12.2 Å². The molecule has 1 amide bonds. The van der Waals surface area contributed by atoms with E-state index in [1.807, 2.05) is 19.2 Å². The molecule has 0 atom stereocenters. The van der Waals surface area contributed by atoms with E-state index in [2.05, 4.69) is 25.8 Å². The van der Waals surface area contributed by atoms with E-state index >= 15 is 0 Å². The molecule has 104 valence electrons. The molecule has 5 heteroatoms. The molecule has 0 aromatic heterocycles. The van der Waals surface area contributed by atoms with Crippen molar-refractivity contribution in [1.29, 1.82) is 0 Å². The smallest absolute Gasteiger partial charge is 0.276 e. The second kappa shape index (κ2) is 4.63. The van der Waals surface area contributed by atoms with Crippen LogP contribution in [0.15, 0.2) is 23.5 Å². The van der Waals surface area contributed by atoms with Gasteiger partial charge in [-0.3, -0.25) is 9.69 Å². The molecule has 0 radical (unpaired) electrons. The van der Waals surface area contributed by atoms with Crippen molar-refractivity contribution < 1.29 is 4.79 Å². The summed E-state index contributed by atoms with van der Waals surface area (Å²) in [5.74, 6) is -0.0377. The first kappa shape index (κ1) is 14.1. The van der Waals surface area contributed by atoms with Gasteiger partial charge in [-0.05, 0) is 51.1 Å². The number of likely N-dealkylation sites (tertiary alicyclic amines) is 1. The molecule has 2 rings (SSSR count). The quantitative estimate of drug-likeness (QED) is 0.541. The third-order valence-corrected chi connectivity index (χ3v) is 4.77. The monoisotopic (exact) mass is 279 g/mol. The number of hydrogen-bond acceptors (Lipinski definition) is 3. The molecule has 0 aromatic rings. The molecule has 0 bridgehead atoms. The zero-order valence-electron chi connectivity index (χ0n) is 12.2. The van der Waals surface area contributed by atoms with Crippen LogP contribution in [-0.2, 0) is 4.79 Å². The van der Waals surface area contributed by atoms with Gasteiger partial charge in [0.25, 0.3) is 5.91 Å². The SMILES string of the molecule is CN1C(=O)/C(=C/C=C2/CCC(C)(C)N2C)N(C)C1=S. The number of amides is 1. The van der Waals surface area contributed by atoms with Crippen molar-refractivity contribution in [1.82, 2.24) is 14.7 Å². The van der Waals surface area contributed by atoms with Gasteiger partial charge in [0.15, 0.2) is 5.11 Å². The average molecular weight is 279 g/mol. The molecule has 2 heterocycles. The van der Waals surface area contributed by atoms with Crippen LogP contribution in [0.25, 0.3) is 0 Å². The fraction of sp³-hybridized carbons (Fsp3) is 0.571. The Bertz CT molecular complexity index is 493. The minimum atomic E-state index is -0.0377. The third kappa shape index (κ3) is 2.27. The van der Waals surface area contributed by atoms with Gasteiger partial charge in [-0.25, -0.2) is 0 Å². The Morgan fingerprint density at radius 2 is 1.79 bits per heavy atom. The summed E-state index contributed by atoms with van der Waals surface area (Å²) in [6, 6.07) is 0. The van der Waals surface area contributed by atoms with Crippen molar-refractivity contribution >= 4 is 23.2 Å². The maximum absolute atomic E-state index is 12.0. The summed E-state index contributed by atoms with van der Waals surface area (Å²) in [5.41, 5.74) is 2.10. The van der Waals surface area contributed by atoms with Gasteiger partial charge in [-0.15, -0.1) is 0 Å². The molecule has 0 aromatic carbocycles. The summed E-state index contributed by atoms with van der Waals surface area (Å²) >= 11 is 5.19. The minimum absolute atomic E-state index is 0.0377. The molecule has 0 N–H and O–H groups in total. The Morgan fingerprint density at radius 1 is 1.16 bits per heavy atom. The second-order valence-electron chi connectivity index (χ2n) is 5.79. The van der Waals surface area contributed by atoms with Crippen LogP contribution in [0.5, 0.6) is 0 Å². The van der Waals surface area contributed by atoms with Gasteiger partial charge in [0.05, 0.1) is 0 Å². The van der Waals surface area contributed by atoms with Gasteiger partial charge in [0, 0.05) is 32.4 Å². The molecule has 0 aliphatic carbocycles. The van der Waals surface area contributed by atoms with Gasteiger partial charge in [-0.1, -0.05) is 0 Å². The average Bonchev–Trinajstić information content (AvgIpc) is 2.71. The van der Waals surface area contributed by atoms with E-state index in [1.54, 1.807) is 11.9 Å². The molecule has 2 saturated heterocycles. The summed E-state index contributed by atoms with van der Waals surface area (Å²) in [6.45, 7) is 4.47. The van der Waals surface area contributed by atoms with Gasteiger partial charge < -0.3 is 9.80 Å². The minimum Gasteiger partial charge on any atom is -0.373 e. The highest BCUT2D eigenvalue weighted by atomic mass is 32.1. The Labute approximate surface area is 120 Å². The van der Waals surface area contributed by atoms with Crippen molar-refractivity contribution in [3.8, 4) is 0 Å². The number of thiocarbonyl (C=S) groups is 1. The number of carbonyl (C=O) groups excluding carboxylic acids is 1. The van der Waals surface area contributed by atoms with Crippen LogP contribution in [0.1, 0.15) is 26.7 Å². The van der Waals surface area contributed by atoms with Gasteiger partial charge in [0.2, 0.25) is 0 Å². The number of likely N-dealkylation sites (N-methyl/N-ethyl adjacent to an activating group) is 2. The van der Waals surface area contributed by atoms with Crippen LogP contribution in [0.2, 0.25) is 0 Å². The lowest BCUT2D eigenvalue weighted by Gasteiger charge is -2.30. The van der Waals surface area contributed by atoms with E-state index in [0.717, 1.165) is 12.8 Å². The van der Waals surface area contributed by atoms with Crippen molar-refractivity contribution in [2.45, 2.75) is 32.2 Å². The molecule has 2 aliphatic heterocycles. The molecule has 2 aliphatic rings. The largest absolute Gasteiger partial charge is 0.373 e. The highest BCUT2D eigenvalue weighted by molar-refractivity contribution is 7.80. The molecule has 19 heavy (non-hydrogen) atoms. The Kier molecular flexibility index (Phi) is 3.43. The van der Waals surface area contributed by atoms with Crippen LogP contribution < -0.4 is 0 Å². The fourth-order valence-electron chi connectivity index (χ4n) is 2.44. The number of hydrogen-bond donors (Lipinski definition) is 0. The first-order valence-corrected chi connectivity index (χ1v) is 6.87. The Hall–Kier alpha value is -1.36. The second-order valence-corrected chi connectivity index (χ2v) is 6.15. The van der Waals surface area contributed by atoms with Crippen molar-refractivity contribution in [2.24, 2.45) is 0 Å². The molecule has 0 spiro atoms. The highest BCUT2D eigenvalue weighted by Gasteiger charge is 2.34. The van der Waals surface area contributed by atoms with Crippen molar-refractivity contribution in [2.75, 3.05) is 21.1 Å². The Balaban J connectivity index is 2.24. The zero-order chi connectivity index (χ0) is 14.4. The fourth-order valence-corrected chi connectivity index (χ4v) is 2.62. The normalized spacial score (nSPS) is 27.3. The lowest BCUT2D eigenvalue weighted by molar-refractivity contribution is -0.121. The van der Waals surface area contributed by atoms with Gasteiger partial charge in [0.1, 0.15) is 5.70 Å². The van der Waals surface area contributed by atoms with E-state index in [0.29, 0.717) is 10.8 Å². The summed E-state index contributed by atoms with van der Waals surface area (Å²) in [5, 5.41) is 0.551. The highest BCUT2D eigenvalue weighted by Crippen LogP contribution is 2.34. The lowest BCUT2D eigenvalue weighted by Crippen LogP contribution is -2.33. The predicted octanol–water partition coefficient (Wildman–Crippen LogP) is 1.95. The number of nitrogens with zero attached hydrogens (tertiary/aromatic N) is 3. The van der Waals surface area contributed by atoms with Gasteiger partial charge in [-0.2, -0.15) is 0 Å². The van der Waals surface area contributed by atoms with Crippen LogP contribution in [-0.4, -0.2) is 52.4 Å². The van der Waals surface area contributed by atoms with E-state index in [9.17, 15) is 4.79 Å². The molecular formula is C14H21N3OS. The Morgan fingerprint density at radius 3 is 2.21 bits per heavy atom. The summed E-state index contributed by atoms with van der Waals surface area (Å²) in [6.07, 6.45) is 6.11. The van der Waals surface area contributed by atoms with Crippen LogP contribution in [0, 0.1) is 0 Å². The standard InChI is InChI=1S/C14H21N3OS/c1-14(2)9-8-10(17(14)5)6-7-11-12(18)16(4)13(19)15(11)3/h6-7H,8-9H2,1-5H3/b10-6-,11-7-. The third-order valence-electron chi connectivity index (χ3n) is 4.22. The molecular weight excluding hydrogens is 258 g/mol. The maximum Gasteiger partial charge on any atom is 0.276 e. The van der Waals surface area contributed by atoms with Crippen molar-refractivity contribution in [3.63, 3.8) is 0 Å². The number of carbonyl (C=O) groups is 1. The lowest BCUT2D eigenvalue weighted by atomic mass is 10.0. The predicted molar refractivity (Wildman–Crippen MR) is 80.4 cm³/mol. The van der Waals surface area contributed by atoms with Crippen LogP contribution in [0.3, 0.4) is 0 Å². The van der Waals surface area contributed by atoms with E-state index in [-0.39, 0.29) is 11.4 Å².